The third-order valence-electron chi connectivity index (χ3n) is 4.36. The fraction of sp³-hybridized carbons (Fsp3) is 0.526. The van der Waals surface area contributed by atoms with Gasteiger partial charge in [-0.2, -0.15) is 0 Å². The second-order valence-corrected chi connectivity index (χ2v) is 6.30. The molecule has 0 spiro atoms. The highest BCUT2D eigenvalue weighted by Crippen LogP contribution is 2.18. The topological polar surface area (TPSA) is 75.7 Å². The van der Waals surface area contributed by atoms with E-state index in [2.05, 4.69) is 5.32 Å². The zero-order valence-corrected chi connectivity index (χ0v) is 15.0. The lowest BCUT2D eigenvalue weighted by Gasteiger charge is -2.32. The lowest BCUT2D eigenvalue weighted by Crippen LogP contribution is -2.46. The standard InChI is InChI=1S/C19H25FN2O4/c1-2-26-18(24)8-10-21-19(25)15-6-7-17(23)22(13-15)11-9-14-4-3-5-16(20)12-14/h3-5,12,15H,2,6-11,13H2,1H3,(H,21,25)/t15-/m1/s1. The Balaban J connectivity index is 1.79. The molecule has 1 atom stereocenters. The molecule has 142 valence electrons. The first-order chi connectivity index (χ1) is 12.5. The molecule has 0 unspecified atom stereocenters. The van der Waals surface area contributed by atoms with Gasteiger partial charge in [-0.25, -0.2) is 4.39 Å². The van der Waals surface area contributed by atoms with Crippen molar-refractivity contribution in [2.24, 2.45) is 5.92 Å². The molecular weight excluding hydrogens is 339 g/mol. The molecule has 0 aliphatic carbocycles. The highest BCUT2D eigenvalue weighted by Gasteiger charge is 2.29. The van der Waals surface area contributed by atoms with Crippen LogP contribution in [0.4, 0.5) is 4.39 Å². The second kappa shape index (κ2) is 9.89. The Hall–Kier alpha value is -2.44. The summed E-state index contributed by atoms with van der Waals surface area (Å²) < 4.78 is 18.0. The molecule has 0 saturated carbocycles. The molecule has 7 heteroatoms. The summed E-state index contributed by atoms with van der Waals surface area (Å²) in [6.07, 6.45) is 1.49. The Kier molecular flexibility index (Phi) is 7.56. The number of nitrogens with one attached hydrogen (secondary N) is 1. The number of likely N-dealkylation sites (tertiary alicyclic amines) is 1. The fourth-order valence-electron chi connectivity index (χ4n) is 2.97. The van der Waals surface area contributed by atoms with Crippen LogP contribution in [0, 0.1) is 11.7 Å². The van der Waals surface area contributed by atoms with Crippen LogP contribution in [0.15, 0.2) is 24.3 Å². The van der Waals surface area contributed by atoms with E-state index in [1.54, 1.807) is 17.9 Å². The second-order valence-electron chi connectivity index (χ2n) is 6.30. The number of carbonyl (C=O) groups excluding carboxylic acids is 3. The summed E-state index contributed by atoms with van der Waals surface area (Å²) in [7, 11) is 0. The van der Waals surface area contributed by atoms with Gasteiger partial charge in [-0.3, -0.25) is 14.4 Å². The zero-order valence-electron chi connectivity index (χ0n) is 15.0. The molecule has 2 amide bonds. The van der Waals surface area contributed by atoms with Crippen molar-refractivity contribution < 1.29 is 23.5 Å². The Labute approximate surface area is 152 Å². The summed E-state index contributed by atoms with van der Waals surface area (Å²) in [6, 6.07) is 6.29. The van der Waals surface area contributed by atoms with E-state index in [4.69, 9.17) is 4.74 Å². The third kappa shape index (κ3) is 6.13. The van der Waals surface area contributed by atoms with Crippen LogP contribution in [0.2, 0.25) is 0 Å². The lowest BCUT2D eigenvalue weighted by molar-refractivity contribution is -0.143. The summed E-state index contributed by atoms with van der Waals surface area (Å²) in [6.45, 7) is 3.07. The molecule has 1 saturated heterocycles. The minimum atomic E-state index is -0.344. The van der Waals surface area contributed by atoms with Gasteiger partial charge in [-0.1, -0.05) is 12.1 Å². The molecule has 1 fully saturated rings. The number of hydrogen-bond acceptors (Lipinski definition) is 4. The molecule has 1 aliphatic rings. The molecule has 26 heavy (non-hydrogen) atoms. The van der Waals surface area contributed by atoms with Crippen LogP contribution in [0.5, 0.6) is 0 Å². The molecule has 1 aromatic carbocycles. The molecular formula is C19H25FN2O4. The van der Waals surface area contributed by atoms with E-state index >= 15 is 0 Å². The Morgan fingerprint density at radius 3 is 2.92 bits per heavy atom. The van der Waals surface area contributed by atoms with E-state index in [0.717, 1.165) is 5.56 Å². The maximum Gasteiger partial charge on any atom is 0.307 e. The number of ether oxygens (including phenoxy) is 1. The molecule has 1 heterocycles. The Bertz CT molecular complexity index is 650. The number of amides is 2. The van der Waals surface area contributed by atoms with Gasteiger partial charge in [0.2, 0.25) is 11.8 Å². The highest BCUT2D eigenvalue weighted by molar-refractivity contribution is 5.84. The van der Waals surface area contributed by atoms with Crippen molar-refractivity contribution in [3.8, 4) is 0 Å². The number of rotatable bonds is 8. The number of esters is 1. The van der Waals surface area contributed by atoms with Crippen molar-refractivity contribution >= 4 is 17.8 Å². The van der Waals surface area contributed by atoms with Gasteiger partial charge in [0.25, 0.3) is 0 Å². The van der Waals surface area contributed by atoms with Crippen LogP contribution in [0.25, 0.3) is 0 Å². The predicted molar refractivity (Wildman–Crippen MR) is 93.7 cm³/mol. The van der Waals surface area contributed by atoms with Crippen LogP contribution >= 0.6 is 0 Å². The Morgan fingerprint density at radius 2 is 2.19 bits per heavy atom. The van der Waals surface area contributed by atoms with Crippen molar-refractivity contribution in [1.82, 2.24) is 10.2 Å². The van der Waals surface area contributed by atoms with Gasteiger partial charge in [0, 0.05) is 26.1 Å². The van der Waals surface area contributed by atoms with Crippen LogP contribution in [-0.4, -0.2) is 48.9 Å². The number of nitrogens with zero attached hydrogens (tertiary/aromatic N) is 1. The quantitative estimate of drug-likeness (QED) is 0.712. The first kappa shape index (κ1) is 19.9. The number of halogens is 1. The number of hydrogen-bond donors (Lipinski definition) is 1. The van der Waals surface area contributed by atoms with Crippen molar-refractivity contribution in [2.45, 2.75) is 32.6 Å². The molecule has 6 nitrogen and oxygen atoms in total. The van der Waals surface area contributed by atoms with E-state index in [-0.39, 0.29) is 42.5 Å². The van der Waals surface area contributed by atoms with Gasteiger partial charge in [0.05, 0.1) is 18.9 Å². The average Bonchev–Trinajstić information content (AvgIpc) is 2.61. The average molecular weight is 364 g/mol. The van der Waals surface area contributed by atoms with Gasteiger partial charge in [0.15, 0.2) is 0 Å². The van der Waals surface area contributed by atoms with Crippen LogP contribution < -0.4 is 5.32 Å². The van der Waals surface area contributed by atoms with Crippen LogP contribution in [-0.2, 0) is 25.5 Å². The monoisotopic (exact) mass is 364 g/mol. The van der Waals surface area contributed by atoms with Crippen molar-refractivity contribution in [3.63, 3.8) is 0 Å². The van der Waals surface area contributed by atoms with E-state index in [1.165, 1.54) is 12.1 Å². The van der Waals surface area contributed by atoms with Gasteiger partial charge in [0.1, 0.15) is 5.82 Å². The van der Waals surface area contributed by atoms with E-state index in [0.29, 0.717) is 39.0 Å². The van der Waals surface area contributed by atoms with Gasteiger partial charge in [-0.15, -0.1) is 0 Å². The fourth-order valence-corrected chi connectivity index (χ4v) is 2.97. The largest absolute Gasteiger partial charge is 0.466 e. The maximum absolute atomic E-state index is 13.2. The number of benzene rings is 1. The maximum atomic E-state index is 13.2. The summed E-state index contributed by atoms with van der Waals surface area (Å²) in [4.78, 5) is 37.3. The number of carbonyl (C=O) groups is 3. The minimum absolute atomic E-state index is 0.0111. The van der Waals surface area contributed by atoms with Gasteiger partial charge >= 0.3 is 5.97 Å². The molecule has 1 N–H and O–H groups in total. The van der Waals surface area contributed by atoms with E-state index < -0.39 is 0 Å². The van der Waals surface area contributed by atoms with Crippen molar-refractivity contribution in [3.05, 3.63) is 35.6 Å². The lowest BCUT2D eigenvalue weighted by atomic mass is 9.96. The Morgan fingerprint density at radius 1 is 1.38 bits per heavy atom. The molecule has 0 bridgehead atoms. The van der Waals surface area contributed by atoms with Gasteiger partial charge < -0.3 is 15.0 Å². The summed E-state index contributed by atoms with van der Waals surface area (Å²) in [5, 5.41) is 2.73. The van der Waals surface area contributed by atoms with Crippen molar-refractivity contribution in [2.75, 3.05) is 26.2 Å². The summed E-state index contributed by atoms with van der Waals surface area (Å²) in [5.41, 5.74) is 0.818. The molecule has 0 aromatic heterocycles. The van der Waals surface area contributed by atoms with Crippen LogP contribution in [0.3, 0.4) is 0 Å². The zero-order chi connectivity index (χ0) is 18.9. The molecule has 0 radical (unpaired) electrons. The third-order valence-corrected chi connectivity index (χ3v) is 4.36. The van der Waals surface area contributed by atoms with E-state index in [9.17, 15) is 18.8 Å². The molecule has 1 aromatic rings. The molecule has 2 rings (SSSR count). The van der Waals surface area contributed by atoms with Crippen LogP contribution in [0.1, 0.15) is 31.7 Å². The van der Waals surface area contributed by atoms with Gasteiger partial charge in [-0.05, 0) is 37.5 Å². The van der Waals surface area contributed by atoms with E-state index in [1.807, 2.05) is 6.07 Å². The normalized spacial score (nSPS) is 17.1. The first-order valence-electron chi connectivity index (χ1n) is 8.95. The van der Waals surface area contributed by atoms with Crippen molar-refractivity contribution in [1.29, 1.82) is 0 Å². The highest BCUT2D eigenvalue weighted by atomic mass is 19.1. The minimum Gasteiger partial charge on any atom is -0.466 e. The predicted octanol–water partition coefficient (Wildman–Crippen LogP) is 1.68. The molecule has 1 aliphatic heterocycles. The SMILES string of the molecule is CCOC(=O)CCNC(=O)[C@@H]1CCC(=O)N(CCc2cccc(F)c2)C1. The smallest absolute Gasteiger partial charge is 0.307 e. The summed E-state index contributed by atoms with van der Waals surface area (Å²) in [5.74, 6) is -1.08. The summed E-state index contributed by atoms with van der Waals surface area (Å²) >= 11 is 0. The first-order valence-corrected chi connectivity index (χ1v) is 8.95. The number of piperidine rings is 1.